The maximum Gasteiger partial charge on any atom is 0.305 e. The largest absolute Gasteiger partial charge is 0.428 e. The van der Waals surface area contributed by atoms with Crippen molar-refractivity contribution in [2.24, 2.45) is 0 Å². The number of hydrogen-bond acceptors (Lipinski definition) is 6. The SMILES string of the molecule is C=C.CC(=O)OCOC(C)=O.N.N. The Morgan fingerprint density at radius 1 is 1.00 bits per heavy atom. The predicted octanol–water partition coefficient (Wildman–Crippen LogP) is 1.20. The van der Waals surface area contributed by atoms with Crippen molar-refractivity contribution in [3.8, 4) is 0 Å². The zero-order valence-electron chi connectivity index (χ0n) is 8.17. The Bertz CT molecular complexity index is 124. The molecule has 0 aliphatic carbocycles. The lowest BCUT2D eigenvalue weighted by molar-refractivity contribution is -0.163. The number of hydrogen-bond donors (Lipinski definition) is 2. The van der Waals surface area contributed by atoms with Gasteiger partial charge in [-0.25, -0.2) is 0 Å². The Hall–Kier alpha value is -1.40. The molecule has 0 aromatic carbocycles. The van der Waals surface area contributed by atoms with E-state index in [0.29, 0.717) is 0 Å². The average molecular weight is 194 g/mol. The summed E-state index contributed by atoms with van der Waals surface area (Å²) in [5, 5.41) is 0. The minimum Gasteiger partial charge on any atom is -0.428 e. The molecule has 80 valence electrons. The summed E-state index contributed by atoms with van der Waals surface area (Å²) in [5.41, 5.74) is 0. The number of carbonyl (C=O) groups is 2. The second-order valence-corrected chi connectivity index (χ2v) is 1.39. The topological polar surface area (TPSA) is 123 Å². The van der Waals surface area contributed by atoms with Gasteiger partial charge < -0.3 is 21.8 Å². The van der Waals surface area contributed by atoms with E-state index in [4.69, 9.17) is 0 Å². The van der Waals surface area contributed by atoms with E-state index in [1.807, 2.05) is 0 Å². The molecule has 13 heavy (non-hydrogen) atoms. The highest BCUT2D eigenvalue weighted by Crippen LogP contribution is 1.79. The minimum atomic E-state index is -0.462. The van der Waals surface area contributed by atoms with E-state index in [1.165, 1.54) is 13.8 Å². The summed E-state index contributed by atoms with van der Waals surface area (Å²) in [5.74, 6) is -0.924. The van der Waals surface area contributed by atoms with Gasteiger partial charge >= 0.3 is 11.9 Å². The van der Waals surface area contributed by atoms with Crippen LogP contribution in [0.15, 0.2) is 13.2 Å². The van der Waals surface area contributed by atoms with Crippen molar-refractivity contribution in [1.29, 1.82) is 0 Å². The first-order valence-corrected chi connectivity index (χ1v) is 2.89. The Morgan fingerprint density at radius 3 is 1.38 bits per heavy atom. The van der Waals surface area contributed by atoms with Gasteiger partial charge in [-0.05, 0) is 0 Å². The molecule has 0 saturated heterocycles. The van der Waals surface area contributed by atoms with Crippen LogP contribution in [0.2, 0.25) is 0 Å². The lowest BCUT2D eigenvalue weighted by Gasteiger charge is -1.99. The fourth-order valence-corrected chi connectivity index (χ4v) is 0.195. The van der Waals surface area contributed by atoms with Crippen LogP contribution >= 0.6 is 0 Å². The summed E-state index contributed by atoms with van der Waals surface area (Å²) in [6.07, 6.45) is 0. The minimum absolute atomic E-state index is 0. The molecule has 0 rings (SSSR count). The molecule has 6 nitrogen and oxygen atoms in total. The van der Waals surface area contributed by atoms with Gasteiger partial charge in [-0.1, -0.05) is 0 Å². The normalized spacial score (nSPS) is 6.00. The Kier molecular flexibility index (Phi) is 29.4. The summed E-state index contributed by atoms with van der Waals surface area (Å²) < 4.78 is 8.54. The predicted molar refractivity (Wildman–Crippen MR) is 49.7 cm³/mol. The molecule has 0 amide bonds. The first-order valence-electron chi connectivity index (χ1n) is 2.89. The summed E-state index contributed by atoms with van der Waals surface area (Å²) in [4.78, 5) is 20.0. The number of carbonyl (C=O) groups excluding carboxylic acids is 2. The standard InChI is InChI=1S/C5H8O4.C2H4.2H3N/c1-4(6)8-3-9-5(2)7;1-2;;/h3H2,1-2H3;1-2H2;2*1H3. The van der Waals surface area contributed by atoms with Crippen LogP contribution in [0.25, 0.3) is 0 Å². The van der Waals surface area contributed by atoms with Gasteiger partial charge in [0.15, 0.2) is 0 Å². The van der Waals surface area contributed by atoms with Gasteiger partial charge in [0.2, 0.25) is 6.79 Å². The van der Waals surface area contributed by atoms with Crippen molar-refractivity contribution >= 4 is 11.9 Å². The third kappa shape index (κ3) is 37.0. The van der Waals surface area contributed by atoms with Crippen LogP contribution in [-0.2, 0) is 19.1 Å². The van der Waals surface area contributed by atoms with E-state index in [-0.39, 0.29) is 19.1 Å². The van der Waals surface area contributed by atoms with Crippen LogP contribution in [0, 0.1) is 0 Å². The molecular formula is C7H18N2O4. The zero-order valence-corrected chi connectivity index (χ0v) is 8.17. The quantitative estimate of drug-likeness (QED) is 0.386. The molecule has 0 heterocycles. The highest BCUT2D eigenvalue weighted by Gasteiger charge is 1.93. The summed E-state index contributed by atoms with van der Waals surface area (Å²) in [6.45, 7) is 8.19. The molecule has 0 spiro atoms. The van der Waals surface area contributed by atoms with Gasteiger partial charge in [-0.3, -0.25) is 9.59 Å². The Morgan fingerprint density at radius 2 is 1.23 bits per heavy atom. The van der Waals surface area contributed by atoms with Crippen LogP contribution in [-0.4, -0.2) is 18.7 Å². The van der Waals surface area contributed by atoms with Crippen molar-refractivity contribution in [1.82, 2.24) is 12.3 Å². The van der Waals surface area contributed by atoms with Crippen molar-refractivity contribution < 1.29 is 19.1 Å². The maximum absolute atomic E-state index is 10.0. The molecule has 0 atom stereocenters. The third-order valence-corrected chi connectivity index (χ3v) is 0.524. The van der Waals surface area contributed by atoms with E-state index in [1.54, 1.807) is 0 Å². The lowest BCUT2D eigenvalue weighted by Crippen LogP contribution is -2.07. The number of ether oxygens (including phenoxy) is 2. The first-order chi connectivity index (χ1) is 5.13. The third-order valence-electron chi connectivity index (χ3n) is 0.524. The molecule has 0 unspecified atom stereocenters. The van der Waals surface area contributed by atoms with Gasteiger partial charge in [0.05, 0.1) is 0 Å². The van der Waals surface area contributed by atoms with Gasteiger partial charge in [-0.15, -0.1) is 13.2 Å². The van der Waals surface area contributed by atoms with Gasteiger partial charge in [-0.2, -0.15) is 0 Å². The molecule has 0 saturated carbocycles. The van der Waals surface area contributed by atoms with Crippen molar-refractivity contribution in [2.45, 2.75) is 13.8 Å². The average Bonchev–Trinajstić information content (AvgIpc) is 1.90. The molecule has 0 bridgehead atoms. The molecule has 0 aromatic heterocycles. The molecule has 0 fully saturated rings. The van der Waals surface area contributed by atoms with E-state index < -0.39 is 11.9 Å². The van der Waals surface area contributed by atoms with Crippen LogP contribution in [0.4, 0.5) is 0 Å². The van der Waals surface area contributed by atoms with E-state index in [0.717, 1.165) is 0 Å². The smallest absolute Gasteiger partial charge is 0.305 e. The molecule has 0 aromatic rings. The van der Waals surface area contributed by atoms with Gasteiger partial charge in [0.1, 0.15) is 0 Å². The van der Waals surface area contributed by atoms with E-state index >= 15 is 0 Å². The van der Waals surface area contributed by atoms with E-state index in [9.17, 15) is 9.59 Å². The molecule has 0 aliphatic heterocycles. The highest BCUT2D eigenvalue weighted by atomic mass is 16.7. The van der Waals surface area contributed by atoms with Crippen molar-refractivity contribution in [3.05, 3.63) is 13.2 Å². The van der Waals surface area contributed by atoms with Gasteiger partial charge in [0, 0.05) is 13.8 Å². The van der Waals surface area contributed by atoms with Crippen molar-refractivity contribution in [3.63, 3.8) is 0 Å². The van der Waals surface area contributed by atoms with Crippen LogP contribution in [0.5, 0.6) is 0 Å². The number of rotatable bonds is 2. The fourth-order valence-electron chi connectivity index (χ4n) is 0.195. The number of esters is 2. The summed E-state index contributed by atoms with van der Waals surface area (Å²) in [7, 11) is 0. The molecule has 6 N–H and O–H groups in total. The zero-order chi connectivity index (χ0) is 9.28. The second kappa shape index (κ2) is 16.9. The van der Waals surface area contributed by atoms with Crippen LogP contribution < -0.4 is 12.3 Å². The molecule has 0 radical (unpaired) electrons. The summed E-state index contributed by atoms with van der Waals surface area (Å²) >= 11 is 0. The fraction of sp³-hybridized carbons (Fsp3) is 0.429. The Balaban J connectivity index is -0.0000000941. The van der Waals surface area contributed by atoms with E-state index in [2.05, 4.69) is 22.6 Å². The van der Waals surface area contributed by atoms with Crippen LogP contribution in [0.3, 0.4) is 0 Å². The first kappa shape index (κ1) is 22.6. The highest BCUT2D eigenvalue weighted by molar-refractivity contribution is 5.67. The monoisotopic (exact) mass is 194 g/mol. The lowest BCUT2D eigenvalue weighted by atomic mass is 10.8. The van der Waals surface area contributed by atoms with Gasteiger partial charge in [0.25, 0.3) is 0 Å². The molecule has 6 heteroatoms. The Labute approximate surface area is 78.1 Å². The van der Waals surface area contributed by atoms with Crippen molar-refractivity contribution in [2.75, 3.05) is 6.79 Å². The second-order valence-electron chi connectivity index (χ2n) is 1.39. The molecular weight excluding hydrogens is 176 g/mol. The summed E-state index contributed by atoms with van der Waals surface area (Å²) in [6, 6.07) is 0. The van der Waals surface area contributed by atoms with Crippen LogP contribution in [0.1, 0.15) is 13.8 Å². The maximum atomic E-state index is 10.0. The molecule has 0 aliphatic rings.